The van der Waals surface area contributed by atoms with Crippen LogP contribution in [0, 0.1) is 0 Å². The minimum absolute atomic E-state index is 0.275. The van der Waals surface area contributed by atoms with Gasteiger partial charge in [0.25, 0.3) is 0 Å². The largest absolute Gasteiger partial charge is 0.497 e. The minimum Gasteiger partial charge on any atom is -0.497 e. The summed E-state index contributed by atoms with van der Waals surface area (Å²) in [5, 5.41) is 0. The summed E-state index contributed by atoms with van der Waals surface area (Å²) in [5.41, 5.74) is 4.67. The van der Waals surface area contributed by atoms with Gasteiger partial charge in [-0.25, -0.2) is 0 Å². The number of ether oxygens (including phenoxy) is 1. The number of methoxy groups -OCH3 is 1. The molecule has 2 atom stereocenters. The first-order valence-electron chi connectivity index (χ1n) is 16.0. The number of hydrogen-bond acceptors (Lipinski definition) is 5. The molecule has 2 spiro atoms. The predicted molar refractivity (Wildman–Crippen MR) is 169 cm³/mol. The molecule has 6 rings (SSSR count). The van der Waals surface area contributed by atoms with Crippen molar-refractivity contribution in [1.82, 2.24) is 9.80 Å². The number of likely N-dealkylation sites (tertiary alicyclic amines) is 2. The molecule has 42 heavy (non-hydrogen) atoms. The van der Waals surface area contributed by atoms with Crippen LogP contribution in [-0.4, -0.2) is 52.6 Å². The number of ketones is 2. The van der Waals surface area contributed by atoms with Crippen LogP contribution in [0.2, 0.25) is 0 Å². The van der Waals surface area contributed by atoms with Crippen LogP contribution < -0.4 is 4.74 Å². The highest BCUT2D eigenvalue weighted by Gasteiger charge is 2.51. The van der Waals surface area contributed by atoms with E-state index in [2.05, 4.69) is 72.2 Å². The number of nitrogens with zero attached hydrogens (tertiary/aromatic N) is 2. The van der Waals surface area contributed by atoms with E-state index in [0.29, 0.717) is 11.6 Å². The Morgan fingerprint density at radius 3 is 1.60 bits per heavy atom. The van der Waals surface area contributed by atoms with Crippen molar-refractivity contribution in [3.8, 4) is 5.75 Å². The van der Waals surface area contributed by atoms with Crippen LogP contribution in [0.5, 0.6) is 5.75 Å². The van der Waals surface area contributed by atoms with Crippen molar-refractivity contribution < 1.29 is 14.3 Å². The molecule has 0 N–H and O–H groups in total. The molecule has 0 amide bonds. The van der Waals surface area contributed by atoms with E-state index in [4.69, 9.17) is 4.74 Å². The summed E-state index contributed by atoms with van der Waals surface area (Å²) < 4.78 is 5.22. The van der Waals surface area contributed by atoms with Gasteiger partial charge in [0, 0.05) is 25.9 Å². The van der Waals surface area contributed by atoms with Crippen molar-refractivity contribution >= 4 is 11.6 Å². The Balaban J connectivity index is 0.000000169. The summed E-state index contributed by atoms with van der Waals surface area (Å²) in [4.78, 5) is 30.3. The molecule has 2 aromatic rings. The van der Waals surface area contributed by atoms with Gasteiger partial charge in [0.05, 0.1) is 7.11 Å². The Hall–Kier alpha value is -3.02. The molecule has 2 aromatic carbocycles. The van der Waals surface area contributed by atoms with Crippen molar-refractivity contribution in [1.29, 1.82) is 0 Å². The molecule has 2 unspecified atom stereocenters. The first-order valence-corrected chi connectivity index (χ1v) is 16.0. The molecule has 4 aliphatic rings. The zero-order chi connectivity index (χ0) is 29.6. The quantitative estimate of drug-likeness (QED) is 0.351. The summed E-state index contributed by atoms with van der Waals surface area (Å²) in [6, 6.07) is 18.7. The van der Waals surface area contributed by atoms with Gasteiger partial charge >= 0.3 is 0 Å². The number of allylic oxidation sites excluding steroid dienone is 2. The van der Waals surface area contributed by atoms with E-state index < -0.39 is 0 Å². The highest BCUT2D eigenvalue weighted by Crippen LogP contribution is 2.45. The maximum Gasteiger partial charge on any atom is 0.157 e. The highest BCUT2D eigenvalue weighted by molar-refractivity contribution is 5.94. The van der Waals surface area contributed by atoms with Crippen molar-refractivity contribution in [3.63, 3.8) is 0 Å². The van der Waals surface area contributed by atoms with Crippen molar-refractivity contribution in [2.75, 3.05) is 20.2 Å². The maximum absolute atomic E-state index is 12.8. The molecule has 0 aromatic heterocycles. The third kappa shape index (κ3) is 5.78. The van der Waals surface area contributed by atoms with Crippen LogP contribution in [0.3, 0.4) is 0 Å². The van der Waals surface area contributed by atoms with Gasteiger partial charge in [-0.05, 0) is 113 Å². The first kappa shape index (κ1) is 30.4. The second kappa shape index (κ2) is 13.5. The Bertz CT molecular complexity index is 1300. The number of rotatable bonds is 5. The lowest BCUT2D eigenvalue weighted by molar-refractivity contribution is -0.130. The smallest absolute Gasteiger partial charge is 0.157 e. The Morgan fingerprint density at radius 1 is 0.667 bits per heavy atom. The van der Waals surface area contributed by atoms with E-state index in [1.807, 2.05) is 18.2 Å². The highest BCUT2D eigenvalue weighted by atomic mass is 16.5. The molecule has 2 saturated heterocycles. The Labute approximate surface area is 252 Å². The lowest BCUT2D eigenvalue weighted by atomic mass is 9.74. The molecule has 2 aliphatic heterocycles. The van der Waals surface area contributed by atoms with Crippen LogP contribution >= 0.6 is 0 Å². The number of benzene rings is 2. The number of hydrogen-bond donors (Lipinski definition) is 0. The second-order valence-electron chi connectivity index (χ2n) is 12.3. The SMILES string of the molecule is C/C=C1\CCCC(=O)C12CCCN2Cc1ccc(OC)cc1.C/C=C1\CCCC(=O)C12CCCN2Cc1ccccc1. The lowest BCUT2D eigenvalue weighted by Gasteiger charge is -2.42. The summed E-state index contributed by atoms with van der Waals surface area (Å²) in [6.45, 7) is 7.96. The van der Waals surface area contributed by atoms with Gasteiger partial charge in [-0.15, -0.1) is 0 Å². The topological polar surface area (TPSA) is 49.9 Å². The average molecular weight is 569 g/mol. The minimum atomic E-state index is -0.313. The van der Waals surface area contributed by atoms with E-state index >= 15 is 0 Å². The third-order valence-electron chi connectivity index (χ3n) is 10.1. The molecule has 4 fully saturated rings. The fourth-order valence-corrected chi connectivity index (χ4v) is 8.12. The molecule has 5 nitrogen and oxygen atoms in total. The van der Waals surface area contributed by atoms with E-state index in [-0.39, 0.29) is 11.1 Å². The fraction of sp³-hybridized carbons (Fsp3) is 0.514. The Morgan fingerprint density at radius 2 is 1.14 bits per heavy atom. The van der Waals surface area contributed by atoms with Crippen LogP contribution in [0.15, 0.2) is 77.9 Å². The first-order chi connectivity index (χ1) is 20.5. The summed E-state index contributed by atoms with van der Waals surface area (Å²) in [6.07, 6.45) is 14.3. The van der Waals surface area contributed by atoms with E-state index in [1.54, 1.807) is 7.11 Å². The number of Topliss-reactive ketones (excluding diaryl/α,β-unsaturated/α-hetero) is 2. The van der Waals surface area contributed by atoms with Gasteiger partial charge in [-0.3, -0.25) is 19.4 Å². The van der Waals surface area contributed by atoms with Gasteiger partial charge in [0.1, 0.15) is 16.8 Å². The fourth-order valence-electron chi connectivity index (χ4n) is 8.12. The molecule has 2 saturated carbocycles. The molecule has 224 valence electrons. The number of carbonyl (C=O) groups excluding carboxylic acids is 2. The summed E-state index contributed by atoms with van der Waals surface area (Å²) >= 11 is 0. The predicted octanol–water partition coefficient (Wildman–Crippen LogP) is 7.45. The van der Waals surface area contributed by atoms with Crippen molar-refractivity contribution in [2.24, 2.45) is 0 Å². The lowest BCUT2D eigenvalue weighted by Crippen LogP contribution is -2.53. The van der Waals surface area contributed by atoms with Gasteiger partial charge in [0.15, 0.2) is 11.6 Å². The zero-order valence-corrected chi connectivity index (χ0v) is 25.9. The second-order valence-corrected chi connectivity index (χ2v) is 12.3. The third-order valence-corrected chi connectivity index (χ3v) is 10.1. The van der Waals surface area contributed by atoms with E-state index in [9.17, 15) is 9.59 Å². The van der Waals surface area contributed by atoms with Gasteiger partial charge in [-0.2, -0.15) is 0 Å². The summed E-state index contributed by atoms with van der Waals surface area (Å²) in [7, 11) is 1.68. The van der Waals surface area contributed by atoms with Gasteiger partial charge in [-0.1, -0.05) is 54.6 Å². The molecule has 2 heterocycles. The van der Waals surface area contributed by atoms with Gasteiger partial charge < -0.3 is 4.74 Å². The van der Waals surface area contributed by atoms with Crippen molar-refractivity contribution in [2.45, 2.75) is 102 Å². The average Bonchev–Trinajstić information content (AvgIpc) is 3.63. The van der Waals surface area contributed by atoms with E-state index in [1.165, 1.54) is 22.3 Å². The zero-order valence-electron chi connectivity index (χ0n) is 25.9. The summed E-state index contributed by atoms with van der Waals surface area (Å²) in [5.74, 6) is 1.76. The Kier molecular flexibility index (Phi) is 9.80. The molecular formula is C37H48N2O3. The monoisotopic (exact) mass is 568 g/mol. The maximum atomic E-state index is 12.8. The van der Waals surface area contributed by atoms with Crippen molar-refractivity contribution in [3.05, 3.63) is 89.0 Å². The van der Waals surface area contributed by atoms with Crippen LogP contribution in [0.1, 0.15) is 89.2 Å². The van der Waals surface area contributed by atoms with Crippen LogP contribution in [0.4, 0.5) is 0 Å². The molecule has 2 aliphatic carbocycles. The molecule has 0 radical (unpaired) electrons. The molecular weight excluding hydrogens is 520 g/mol. The van der Waals surface area contributed by atoms with Crippen LogP contribution in [0.25, 0.3) is 0 Å². The normalized spacial score (nSPS) is 28.5. The van der Waals surface area contributed by atoms with Crippen LogP contribution in [-0.2, 0) is 22.7 Å². The number of carbonyl (C=O) groups is 2. The van der Waals surface area contributed by atoms with Gasteiger partial charge in [0.2, 0.25) is 0 Å². The standard InChI is InChI=1S/C19H25NO2.C18H23NO/c1-3-16-6-4-7-18(21)19(16)12-5-13-20(19)14-15-8-10-17(22-2)11-9-15;1-2-16-10-6-11-17(20)18(16)12-7-13-19(18)14-15-8-4-3-5-9-15/h3,8-11H,4-7,12-14H2,1-2H3;2-5,8-9H,6-7,10-14H2,1H3/b16-3+;16-2+. The molecule has 5 heteroatoms. The molecule has 0 bridgehead atoms. The van der Waals surface area contributed by atoms with E-state index in [0.717, 1.165) is 96.1 Å².